The van der Waals surface area contributed by atoms with Crippen LogP contribution >= 0.6 is 0 Å². The highest BCUT2D eigenvalue weighted by Crippen LogP contribution is 2.17. The molecule has 2 aromatic rings. The van der Waals surface area contributed by atoms with Crippen molar-refractivity contribution in [1.29, 1.82) is 0 Å². The van der Waals surface area contributed by atoms with Crippen molar-refractivity contribution in [3.05, 3.63) is 48.4 Å². The Morgan fingerprint density at radius 3 is 2.40 bits per heavy atom. The summed E-state index contributed by atoms with van der Waals surface area (Å²) in [5.74, 6) is -0.0654. The van der Waals surface area contributed by atoms with E-state index >= 15 is 0 Å². The normalized spacial score (nSPS) is 9.90. The number of furan rings is 1. The number of urea groups is 1. The molecule has 0 unspecified atom stereocenters. The van der Waals surface area contributed by atoms with Gasteiger partial charge in [-0.05, 0) is 36.4 Å². The van der Waals surface area contributed by atoms with Crippen LogP contribution in [0.25, 0.3) is 0 Å². The molecule has 104 valence electrons. The fourth-order valence-electron chi connectivity index (χ4n) is 1.39. The first-order chi connectivity index (χ1) is 9.56. The number of anilines is 1. The number of carbonyl (C=O) groups is 2. The van der Waals surface area contributed by atoms with Crippen LogP contribution in [0.3, 0.4) is 0 Å². The lowest BCUT2D eigenvalue weighted by atomic mass is 10.3. The van der Waals surface area contributed by atoms with Crippen molar-refractivity contribution in [1.82, 2.24) is 4.90 Å². The number of hydrogen-bond acceptors (Lipinski definition) is 4. The molecule has 0 atom stereocenters. The van der Waals surface area contributed by atoms with Crippen LogP contribution in [-0.2, 0) is 0 Å². The minimum atomic E-state index is -0.569. The van der Waals surface area contributed by atoms with Crippen molar-refractivity contribution in [2.75, 3.05) is 19.4 Å². The Morgan fingerprint density at radius 2 is 1.85 bits per heavy atom. The van der Waals surface area contributed by atoms with Crippen molar-refractivity contribution >= 4 is 17.7 Å². The molecule has 0 bridgehead atoms. The molecule has 0 radical (unpaired) electrons. The van der Waals surface area contributed by atoms with Gasteiger partial charge in [-0.15, -0.1) is 0 Å². The molecule has 0 saturated carbocycles. The maximum absolute atomic E-state index is 11.6. The molecule has 6 heteroatoms. The quantitative estimate of drug-likeness (QED) is 0.689. The molecular formula is C14H14N2O4. The van der Waals surface area contributed by atoms with Crippen LogP contribution in [0.1, 0.15) is 10.6 Å². The second kappa shape index (κ2) is 5.92. The van der Waals surface area contributed by atoms with Crippen molar-refractivity contribution in [3.63, 3.8) is 0 Å². The Kier molecular flexibility index (Phi) is 4.05. The number of benzene rings is 1. The highest BCUT2D eigenvalue weighted by molar-refractivity contribution is 5.89. The zero-order valence-corrected chi connectivity index (χ0v) is 11.1. The topological polar surface area (TPSA) is 71.8 Å². The molecule has 0 spiro atoms. The van der Waals surface area contributed by atoms with E-state index < -0.39 is 5.97 Å². The van der Waals surface area contributed by atoms with Crippen molar-refractivity contribution in [2.24, 2.45) is 0 Å². The van der Waals surface area contributed by atoms with Gasteiger partial charge in [-0.1, -0.05) is 0 Å². The van der Waals surface area contributed by atoms with Crippen molar-refractivity contribution < 1.29 is 18.7 Å². The van der Waals surface area contributed by atoms with E-state index in [1.807, 2.05) is 0 Å². The number of nitrogens with one attached hydrogen (secondary N) is 1. The van der Waals surface area contributed by atoms with Gasteiger partial charge in [0.25, 0.3) is 0 Å². The number of hydrogen-bond donors (Lipinski definition) is 1. The average Bonchev–Trinajstić information content (AvgIpc) is 2.95. The Morgan fingerprint density at radius 1 is 1.15 bits per heavy atom. The number of ether oxygens (including phenoxy) is 1. The number of rotatable bonds is 3. The molecule has 1 heterocycles. The lowest BCUT2D eigenvalue weighted by molar-refractivity contribution is 0.0701. The maximum atomic E-state index is 11.6. The Hall–Kier alpha value is -2.76. The van der Waals surface area contributed by atoms with Gasteiger partial charge < -0.3 is 19.4 Å². The van der Waals surface area contributed by atoms with E-state index in [4.69, 9.17) is 9.15 Å². The molecule has 2 rings (SSSR count). The average molecular weight is 274 g/mol. The van der Waals surface area contributed by atoms with Gasteiger partial charge in [0.05, 0.1) is 6.26 Å². The van der Waals surface area contributed by atoms with Gasteiger partial charge >= 0.3 is 12.0 Å². The van der Waals surface area contributed by atoms with E-state index in [2.05, 4.69) is 5.32 Å². The van der Waals surface area contributed by atoms with Crippen LogP contribution < -0.4 is 10.1 Å². The number of carbonyl (C=O) groups excluding carboxylic acids is 2. The first-order valence-electron chi connectivity index (χ1n) is 5.90. The van der Waals surface area contributed by atoms with Crippen molar-refractivity contribution in [3.8, 4) is 5.75 Å². The molecule has 1 aromatic heterocycles. The van der Waals surface area contributed by atoms with E-state index in [9.17, 15) is 9.59 Å². The van der Waals surface area contributed by atoms with Gasteiger partial charge in [0, 0.05) is 19.8 Å². The van der Waals surface area contributed by atoms with Gasteiger partial charge in [0.15, 0.2) is 0 Å². The second-order valence-corrected chi connectivity index (χ2v) is 4.22. The van der Waals surface area contributed by atoms with Crippen LogP contribution in [0.4, 0.5) is 10.5 Å². The predicted molar refractivity (Wildman–Crippen MR) is 72.8 cm³/mol. The highest BCUT2D eigenvalue weighted by atomic mass is 16.5. The lowest BCUT2D eigenvalue weighted by Gasteiger charge is -2.12. The Labute approximate surface area is 115 Å². The summed E-state index contributed by atoms with van der Waals surface area (Å²) in [6.07, 6.45) is 1.40. The fourth-order valence-corrected chi connectivity index (χ4v) is 1.39. The molecule has 0 aliphatic carbocycles. The van der Waals surface area contributed by atoms with Crippen molar-refractivity contribution in [2.45, 2.75) is 0 Å². The number of amides is 2. The zero-order chi connectivity index (χ0) is 14.5. The molecule has 0 fully saturated rings. The Balaban J connectivity index is 1.98. The summed E-state index contributed by atoms with van der Waals surface area (Å²) in [7, 11) is 3.30. The van der Waals surface area contributed by atoms with E-state index in [-0.39, 0.29) is 11.8 Å². The molecule has 6 nitrogen and oxygen atoms in total. The van der Waals surface area contributed by atoms with E-state index in [1.54, 1.807) is 44.4 Å². The van der Waals surface area contributed by atoms with Crippen LogP contribution in [0.15, 0.2) is 47.1 Å². The van der Waals surface area contributed by atoms with Crippen LogP contribution in [0.2, 0.25) is 0 Å². The SMILES string of the molecule is CN(C)C(=O)Nc1ccc(OC(=O)c2ccco2)cc1. The minimum Gasteiger partial charge on any atom is -0.457 e. The number of esters is 1. The standard InChI is InChI=1S/C14H14N2O4/c1-16(2)14(18)15-10-5-7-11(8-6-10)20-13(17)12-4-3-9-19-12/h3-9H,1-2H3,(H,15,18). The van der Waals surface area contributed by atoms with Gasteiger partial charge in [-0.3, -0.25) is 0 Å². The van der Waals surface area contributed by atoms with Gasteiger partial charge in [0.2, 0.25) is 5.76 Å². The summed E-state index contributed by atoms with van der Waals surface area (Å²) >= 11 is 0. The molecular weight excluding hydrogens is 260 g/mol. The summed E-state index contributed by atoms with van der Waals surface area (Å²) in [4.78, 5) is 24.5. The van der Waals surface area contributed by atoms with Gasteiger partial charge in [-0.25, -0.2) is 9.59 Å². The largest absolute Gasteiger partial charge is 0.457 e. The number of nitrogens with zero attached hydrogens (tertiary/aromatic N) is 1. The molecule has 1 N–H and O–H groups in total. The smallest absolute Gasteiger partial charge is 0.379 e. The maximum Gasteiger partial charge on any atom is 0.379 e. The third-order valence-electron chi connectivity index (χ3n) is 2.44. The Bertz CT molecular complexity index is 588. The molecule has 0 saturated heterocycles. The predicted octanol–water partition coefficient (Wildman–Crippen LogP) is 2.59. The summed E-state index contributed by atoms with van der Waals surface area (Å²) in [5, 5.41) is 2.68. The van der Waals surface area contributed by atoms with E-state index in [1.165, 1.54) is 17.2 Å². The fraction of sp³-hybridized carbons (Fsp3) is 0.143. The summed E-state index contributed by atoms with van der Waals surface area (Å²) < 4.78 is 10.0. The monoisotopic (exact) mass is 274 g/mol. The molecule has 1 aromatic carbocycles. The van der Waals surface area contributed by atoms with E-state index in [0.717, 1.165) is 0 Å². The second-order valence-electron chi connectivity index (χ2n) is 4.22. The highest BCUT2D eigenvalue weighted by Gasteiger charge is 2.11. The van der Waals surface area contributed by atoms with Gasteiger partial charge in [-0.2, -0.15) is 0 Å². The lowest BCUT2D eigenvalue weighted by Crippen LogP contribution is -2.27. The summed E-state index contributed by atoms with van der Waals surface area (Å²) in [6.45, 7) is 0. The first kappa shape index (κ1) is 13.7. The zero-order valence-electron chi connectivity index (χ0n) is 11.1. The summed E-state index contributed by atoms with van der Waals surface area (Å²) in [6, 6.07) is 9.37. The van der Waals surface area contributed by atoms with E-state index in [0.29, 0.717) is 11.4 Å². The third-order valence-corrected chi connectivity index (χ3v) is 2.44. The molecule has 2 amide bonds. The van der Waals surface area contributed by atoms with Crippen LogP contribution in [-0.4, -0.2) is 31.0 Å². The first-order valence-corrected chi connectivity index (χ1v) is 5.90. The van der Waals surface area contributed by atoms with Gasteiger partial charge in [0.1, 0.15) is 5.75 Å². The van der Waals surface area contributed by atoms with Crippen LogP contribution in [0.5, 0.6) is 5.75 Å². The molecule has 20 heavy (non-hydrogen) atoms. The van der Waals surface area contributed by atoms with Crippen LogP contribution in [0, 0.1) is 0 Å². The molecule has 0 aliphatic rings. The minimum absolute atomic E-state index is 0.134. The third kappa shape index (κ3) is 3.38. The molecule has 0 aliphatic heterocycles. The summed E-state index contributed by atoms with van der Waals surface area (Å²) in [5.41, 5.74) is 0.612.